The van der Waals surface area contributed by atoms with Crippen molar-refractivity contribution in [2.75, 3.05) is 20.8 Å². The second kappa shape index (κ2) is 8.77. The molecule has 3 rings (SSSR count). The highest BCUT2D eigenvalue weighted by molar-refractivity contribution is 5.94. The van der Waals surface area contributed by atoms with Crippen molar-refractivity contribution < 1.29 is 18.7 Å². The zero-order valence-electron chi connectivity index (χ0n) is 16.9. The molecule has 3 aromatic rings. The summed E-state index contributed by atoms with van der Waals surface area (Å²) in [5.41, 5.74) is 2.21. The summed E-state index contributed by atoms with van der Waals surface area (Å²) in [5.74, 6) is 0.918. The predicted molar refractivity (Wildman–Crippen MR) is 109 cm³/mol. The zero-order valence-corrected chi connectivity index (χ0v) is 16.9. The van der Waals surface area contributed by atoms with E-state index < -0.39 is 0 Å². The highest BCUT2D eigenvalue weighted by Crippen LogP contribution is 2.33. The lowest BCUT2D eigenvalue weighted by atomic mass is 10.1. The maximum atomic E-state index is 13.4. The normalized spacial score (nSPS) is 10.8. The summed E-state index contributed by atoms with van der Waals surface area (Å²) >= 11 is 0. The summed E-state index contributed by atoms with van der Waals surface area (Å²) in [6, 6.07) is 12.9. The van der Waals surface area contributed by atoms with Crippen LogP contribution in [0.15, 0.2) is 48.5 Å². The van der Waals surface area contributed by atoms with E-state index in [0.717, 1.165) is 0 Å². The summed E-state index contributed by atoms with van der Waals surface area (Å²) in [7, 11) is 3.14. The Bertz CT molecular complexity index is 997. The Morgan fingerprint density at radius 3 is 2.45 bits per heavy atom. The quantitative estimate of drug-likeness (QED) is 0.652. The summed E-state index contributed by atoms with van der Waals surface area (Å²) in [4.78, 5) is 12.8. The van der Waals surface area contributed by atoms with E-state index in [1.165, 1.54) is 16.8 Å². The van der Waals surface area contributed by atoms with Crippen LogP contribution >= 0.6 is 0 Å². The van der Waals surface area contributed by atoms with Crippen LogP contribution in [0.2, 0.25) is 0 Å². The first-order valence-corrected chi connectivity index (χ1v) is 9.29. The van der Waals surface area contributed by atoms with Crippen molar-refractivity contribution in [1.82, 2.24) is 15.1 Å². The molecule has 0 saturated heterocycles. The molecule has 6 nitrogen and oxygen atoms in total. The van der Waals surface area contributed by atoms with Crippen LogP contribution in [0.25, 0.3) is 16.9 Å². The maximum absolute atomic E-state index is 13.4. The average Bonchev–Trinajstić information content (AvgIpc) is 3.17. The number of methoxy groups -OCH3 is 2. The molecule has 0 radical (unpaired) electrons. The molecule has 1 aromatic heterocycles. The molecule has 0 atom stereocenters. The third-order valence-corrected chi connectivity index (χ3v) is 4.37. The molecule has 29 heavy (non-hydrogen) atoms. The SMILES string of the molecule is COc1ccc(-c2cc(C(=O)NCC(C)C)n(-c3ccc(F)cc3)n2)c(OC)c1. The fourth-order valence-corrected chi connectivity index (χ4v) is 2.85. The van der Waals surface area contributed by atoms with Crippen molar-refractivity contribution in [3.63, 3.8) is 0 Å². The molecule has 0 aliphatic carbocycles. The van der Waals surface area contributed by atoms with Crippen LogP contribution < -0.4 is 14.8 Å². The van der Waals surface area contributed by atoms with Crippen molar-refractivity contribution in [1.29, 1.82) is 0 Å². The van der Waals surface area contributed by atoms with Gasteiger partial charge < -0.3 is 14.8 Å². The fourth-order valence-electron chi connectivity index (χ4n) is 2.85. The number of benzene rings is 2. The van der Waals surface area contributed by atoms with E-state index >= 15 is 0 Å². The van der Waals surface area contributed by atoms with Crippen molar-refractivity contribution in [3.05, 3.63) is 60.0 Å². The van der Waals surface area contributed by atoms with Gasteiger partial charge in [0.25, 0.3) is 5.91 Å². The molecule has 0 saturated carbocycles. The first-order chi connectivity index (χ1) is 13.9. The molecule has 1 N–H and O–H groups in total. The second-order valence-electron chi connectivity index (χ2n) is 6.97. The molecule has 2 aromatic carbocycles. The van der Waals surface area contributed by atoms with Gasteiger partial charge in [-0.15, -0.1) is 0 Å². The molecular formula is C22H24FN3O3. The number of carbonyl (C=O) groups is 1. The van der Waals surface area contributed by atoms with E-state index in [1.54, 1.807) is 44.6 Å². The molecule has 1 heterocycles. The van der Waals surface area contributed by atoms with Crippen molar-refractivity contribution >= 4 is 5.91 Å². The summed E-state index contributed by atoms with van der Waals surface area (Å²) in [6.45, 7) is 4.57. The molecule has 7 heteroatoms. The topological polar surface area (TPSA) is 65.4 Å². The van der Waals surface area contributed by atoms with Gasteiger partial charge in [-0.1, -0.05) is 13.8 Å². The number of aromatic nitrogens is 2. The van der Waals surface area contributed by atoms with Crippen LogP contribution in [0.5, 0.6) is 11.5 Å². The second-order valence-corrected chi connectivity index (χ2v) is 6.97. The van der Waals surface area contributed by atoms with Gasteiger partial charge in [0.05, 0.1) is 25.6 Å². The first kappa shape index (κ1) is 20.4. The largest absolute Gasteiger partial charge is 0.497 e. The van der Waals surface area contributed by atoms with Gasteiger partial charge in [-0.25, -0.2) is 9.07 Å². The van der Waals surface area contributed by atoms with E-state index in [2.05, 4.69) is 10.4 Å². The van der Waals surface area contributed by atoms with Crippen LogP contribution in [-0.2, 0) is 0 Å². The Morgan fingerprint density at radius 2 is 1.83 bits per heavy atom. The third kappa shape index (κ3) is 4.56. The number of hydrogen-bond acceptors (Lipinski definition) is 4. The number of rotatable bonds is 7. The Morgan fingerprint density at radius 1 is 1.10 bits per heavy atom. The molecule has 0 bridgehead atoms. The van der Waals surface area contributed by atoms with Crippen LogP contribution in [0.4, 0.5) is 4.39 Å². The van der Waals surface area contributed by atoms with Gasteiger partial charge in [0.2, 0.25) is 0 Å². The maximum Gasteiger partial charge on any atom is 0.270 e. The first-order valence-electron chi connectivity index (χ1n) is 9.29. The van der Waals surface area contributed by atoms with Crippen LogP contribution in [0, 0.1) is 11.7 Å². The van der Waals surface area contributed by atoms with E-state index in [1.807, 2.05) is 19.9 Å². The van der Waals surface area contributed by atoms with E-state index in [0.29, 0.717) is 46.6 Å². The predicted octanol–water partition coefficient (Wildman–Crippen LogP) is 4.08. The molecular weight excluding hydrogens is 373 g/mol. The molecule has 152 valence electrons. The van der Waals surface area contributed by atoms with Crippen molar-refractivity contribution in [3.8, 4) is 28.4 Å². The van der Waals surface area contributed by atoms with Gasteiger partial charge in [0.15, 0.2) is 0 Å². The van der Waals surface area contributed by atoms with Crippen molar-refractivity contribution in [2.45, 2.75) is 13.8 Å². The highest BCUT2D eigenvalue weighted by Gasteiger charge is 2.20. The number of halogens is 1. The molecule has 0 unspecified atom stereocenters. The minimum Gasteiger partial charge on any atom is -0.497 e. The Hall–Kier alpha value is -3.35. The minimum atomic E-state index is -0.358. The minimum absolute atomic E-state index is 0.255. The number of hydrogen-bond donors (Lipinski definition) is 1. The summed E-state index contributed by atoms with van der Waals surface area (Å²) in [5, 5.41) is 7.51. The van der Waals surface area contributed by atoms with Crippen LogP contribution in [-0.4, -0.2) is 36.5 Å². The molecule has 0 aliphatic rings. The van der Waals surface area contributed by atoms with Gasteiger partial charge >= 0.3 is 0 Å². The third-order valence-electron chi connectivity index (χ3n) is 4.37. The average molecular weight is 397 g/mol. The number of nitrogens with zero attached hydrogens (tertiary/aromatic N) is 2. The molecule has 0 spiro atoms. The molecule has 0 fully saturated rings. The number of nitrogens with one attached hydrogen (secondary N) is 1. The van der Waals surface area contributed by atoms with Crippen LogP contribution in [0.3, 0.4) is 0 Å². The van der Waals surface area contributed by atoms with Gasteiger partial charge in [-0.05, 0) is 48.4 Å². The summed E-state index contributed by atoms with van der Waals surface area (Å²) in [6.07, 6.45) is 0. The fraction of sp³-hybridized carbons (Fsp3) is 0.273. The van der Waals surface area contributed by atoms with E-state index in [4.69, 9.17) is 9.47 Å². The van der Waals surface area contributed by atoms with Gasteiger partial charge in [-0.2, -0.15) is 5.10 Å². The van der Waals surface area contributed by atoms with E-state index in [9.17, 15) is 9.18 Å². The monoisotopic (exact) mass is 397 g/mol. The van der Waals surface area contributed by atoms with Crippen LogP contribution in [0.1, 0.15) is 24.3 Å². The molecule has 0 aliphatic heterocycles. The van der Waals surface area contributed by atoms with Gasteiger partial charge in [-0.3, -0.25) is 4.79 Å². The number of amides is 1. The summed E-state index contributed by atoms with van der Waals surface area (Å²) < 4.78 is 25.6. The lowest BCUT2D eigenvalue weighted by molar-refractivity contribution is 0.0941. The van der Waals surface area contributed by atoms with Gasteiger partial charge in [0, 0.05) is 18.2 Å². The number of carbonyl (C=O) groups excluding carboxylic acids is 1. The number of ether oxygens (including phenoxy) is 2. The molecule has 1 amide bonds. The standard InChI is InChI=1S/C22H24FN3O3/c1-14(2)13-24-22(27)20-12-19(18-10-9-17(28-3)11-21(18)29-4)25-26(20)16-7-5-15(23)6-8-16/h5-12,14H,13H2,1-4H3,(H,24,27). The van der Waals surface area contributed by atoms with Gasteiger partial charge in [0.1, 0.15) is 23.0 Å². The van der Waals surface area contributed by atoms with E-state index in [-0.39, 0.29) is 11.7 Å². The lowest BCUT2D eigenvalue weighted by Crippen LogP contribution is -2.29. The Kier molecular flexibility index (Phi) is 6.16. The highest BCUT2D eigenvalue weighted by atomic mass is 19.1. The van der Waals surface area contributed by atoms with Crippen molar-refractivity contribution in [2.24, 2.45) is 5.92 Å². The Labute approximate surface area is 169 Å². The lowest BCUT2D eigenvalue weighted by Gasteiger charge is -2.10. The zero-order chi connectivity index (χ0) is 21.0. The smallest absolute Gasteiger partial charge is 0.270 e. The Balaban J connectivity index is 2.09.